The second kappa shape index (κ2) is 10.0. The number of H-pyrrole nitrogens is 1. The summed E-state index contributed by atoms with van der Waals surface area (Å²) < 4.78 is 57.0. The van der Waals surface area contributed by atoms with Gasteiger partial charge in [-0.25, -0.2) is 4.57 Å². The number of phosphoric ester groups is 1. The molecule has 2 aromatic heterocycles. The standard InChI is InChI=1S/C26H18ClF3N3O5P/c27-18-9-6-16(7-10-18)23-21(12-15-4-2-1-3-5-15)32-33-24(23)31-14-20(25(33)34)19-11-8-17(26(28,29)30)13-22(19)38-39(35,36)37/h1-11,13-14,31H,12H2,(H2,35,36,37). The molecule has 3 N–H and O–H groups in total. The maximum absolute atomic E-state index is 13.6. The van der Waals surface area contributed by atoms with Crippen LogP contribution in [0.3, 0.4) is 0 Å². The molecule has 0 bridgehead atoms. The van der Waals surface area contributed by atoms with Crippen molar-refractivity contribution >= 4 is 25.1 Å². The quantitative estimate of drug-likeness (QED) is 0.211. The lowest BCUT2D eigenvalue weighted by molar-refractivity contribution is -0.137. The van der Waals surface area contributed by atoms with E-state index in [-0.39, 0.29) is 11.1 Å². The molecule has 0 saturated heterocycles. The third-order valence-corrected chi connectivity index (χ3v) is 6.58. The minimum atomic E-state index is -5.27. The third-order valence-electron chi connectivity index (χ3n) is 5.90. The van der Waals surface area contributed by atoms with Gasteiger partial charge in [0.15, 0.2) is 0 Å². The smallest absolute Gasteiger partial charge is 0.404 e. The Kier molecular flexibility index (Phi) is 6.86. The van der Waals surface area contributed by atoms with Gasteiger partial charge in [0.1, 0.15) is 11.4 Å². The number of aromatic nitrogens is 3. The summed E-state index contributed by atoms with van der Waals surface area (Å²) in [4.78, 5) is 35.2. The van der Waals surface area contributed by atoms with E-state index in [1.165, 1.54) is 6.20 Å². The molecular formula is C26H18ClF3N3O5P. The number of hydrogen-bond donors (Lipinski definition) is 3. The molecule has 39 heavy (non-hydrogen) atoms. The molecule has 0 radical (unpaired) electrons. The van der Waals surface area contributed by atoms with Crippen molar-refractivity contribution in [2.75, 3.05) is 0 Å². The highest BCUT2D eigenvalue weighted by atomic mass is 35.5. The summed E-state index contributed by atoms with van der Waals surface area (Å²) >= 11 is 6.06. The Labute approximate surface area is 223 Å². The minimum Gasteiger partial charge on any atom is -0.404 e. The van der Waals surface area contributed by atoms with Gasteiger partial charge in [-0.15, -0.1) is 0 Å². The van der Waals surface area contributed by atoms with Crippen LogP contribution in [0.1, 0.15) is 16.8 Å². The Bertz CT molecular complexity index is 1780. The number of phosphoric acid groups is 1. The number of hydrogen-bond acceptors (Lipinski definition) is 4. The highest BCUT2D eigenvalue weighted by molar-refractivity contribution is 7.46. The Morgan fingerprint density at radius 2 is 1.69 bits per heavy atom. The number of nitrogens with zero attached hydrogens (tertiary/aromatic N) is 2. The fourth-order valence-corrected chi connectivity index (χ4v) is 4.74. The van der Waals surface area contributed by atoms with Gasteiger partial charge in [0.05, 0.1) is 16.8 Å². The molecule has 200 valence electrons. The van der Waals surface area contributed by atoms with E-state index >= 15 is 0 Å². The minimum absolute atomic E-state index is 0.212. The Balaban J connectivity index is 1.72. The van der Waals surface area contributed by atoms with Gasteiger partial charge in [-0.05, 0) is 41.5 Å². The summed E-state index contributed by atoms with van der Waals surface area (Å²) in [6, 6.07) is 18.3. The van der Waals surface area contributed by atoms with Crippen molar-refractivity contribution in [3.05, 3.63) is 111 Å². The zero-order chi connectivity index (χ0) is 27.9. The molecule has 0 atom stereocenters. The van der Waals surface area contributed by atoms with Crippen molar-refractivity contribution in [3.8, 4) is 28.0 Å². The van der Waals surface area contributed by atoms with Crippen LogP contribution >= 0.6 is 19.4 Å². The highest BCUT2D eigenvalue weighted by Crippen LogP contribution is 2.44. The van der Waals surface area contributed by atoms with Gasteiger partial charge >= 0.3 is 14.0 Å². The molecule has 3 aromatic carbocycles. The van der Waals surface area contributed by atoms with E-state index in [2.05, 4.69) is 14.6 Å². The number of halogens is 4. The van der Waals surface area contributed by atoms with Crippen LogP contribution in [-0.4, -0.2) is 24.4 Å². The zero-order valence-corrected chi connectivity index (χ0v) is 21.3. The SMILES string of the molecule is O=c1c(-c2ccc(C(F)(F)F)cc2OP(=O)(O)O)c[nH]c2c(-c3ccc(Cl)cc3)c(Cc3ccccc3)nn12. The molecular weight excluding hydrogens is 558 g/mol. The van der Waals surface area contributed by atoms with Crippen molar-refractivity contribution in [1.82, 2.24) is 14.6 Å². The molecule has 0 fully saturated rings. The van der Waals surface area contributed by atoms with Crippen molar-refractivity contribution in [1.29, 1.82) is 0 Å². The molecule has 2 heterocycles. The Morgan fingerprint density at radius 1 is 1.00 bits per heavy atom. The van der Waals surface area contributed by atoms with Gasteiger partial charge in [-0.3, -0.25) is 14.6 Å². The summed E-state index contributed by atoms with van der Waals surface area (Å²) in [5, 5.41) is 5.03. The molecule has 8 nitrogen and oxygen atoms in total. The van der Waals surface area contributed by atoms with Crippen LogP contribution in [0.5, 0.6) is 5.75 Å². The summed E-state index contributed by atoms with van der Waals surface area (Å²) in [5.41, 5.74) is 0.661. The Morgan fingerprint density at radius 3 is 2.33 bits per heavy atom. The van der Waals surface area contributed by atoms with Crippen molar-refractivity contribution < 1.29 is 32.0 Å². The summed E-state index contributed by atoms with van der Waals surface area (Å²) in [6.45, 7) is 0. The molecule has 0 saturated carbocycles. The lowest BCUT2D eigenvalue weighted by atomic mass is 10.0. The van der Waals surface area contributed by atoms with Gasteiger partial charge in [-0.1, -0.05) is 54.1 Å². The maximum Gasteiger partial charge on any atom is 0.524 e. The van der Waals surface area contributed by atoms with E-state index in [1.807, 2.05) is 30.3 Å². The first kappa shape index (κ1) is 26.7. The van der Waals surface area contributed by atoms with E-state index in [9.17, 15) is 32.3 Å². The number of rotatable bonds is 6. The molecule has 0 aliphatic carbocycles. The third kappa shape index (κ3) is 5.62. The van der Waals surface area contributed by atoms with Crippen LogP contribution in [-0.2, 0) is 17.2 Å². The average molecular weight is 576 g/mol. The monoisotopic (exact) mass is 575 g/mol. The number of alkyl halides is 3. The first-order valence-electron chi connectivity index (χ1n) is 11.3. The predicted octanol–water partition coefficient (Wildman–Crippen LogP) is 6.09. The normalized spacial score (nSPS) is 12.2. The molecule has 0 aliphatic heterocycles. The topological polar surface area (TPSA) is 117 Å². The number of fused-ring (bicyclic) bond motifs is 1. The second-order valence-electron chi connectivity index (χ2n) is 8.55. The van der Waals surface area contributed by atoms with Crippen molar-refractivity contribution in [2.45, 2.75) is 12.6 Å². The maximum atomic E-state index is 13.6. The summed E-state index contributed by atoms with van der Waals surface area (Å²) in [5.74, 6) is -0.808. The van der Waals surface area contributed by atoms with Crippen LogP contribution in [0.25, 0.3) is 27.9 Å². The lowest BCUT2D eigenvalue weighted by Crippen LogP contribution is -2.17. The van der Waals surface area contributed by atoms with Gasteiger partial charge in [0.2, 0.25) is 0 Å². The van der Waals surface area contributed by atoms with Gasteiger partial charge < -0.3 is 9.51 Å². The fourth-order valence-electron chi connectivity index (χ4n) is 4.21. The molecule has 0 unspecified atom stereocenters. The first-order chi connectivity index (χ1) is 18.4. The predicted molar refractivity (Wildman–Crippen MR) is 139 cm³/mol. The molecule has 0 spiro atoms. The fraction of sp³-hybridized carbons (Fsp3) is 0.0769. The van der Waals surface area contributed by atoms with E-state index in [0.29, 0.717) is 46.0 Å². The van der Waals surface area contributed by atoms with Crippen LogP contribution in [0.4, 0.5) is 13.2 Å². The molecule has 0 amide bonds. The molecule has 5 aromatic rings. The van der Waals surface area contributed by atoms with E-state index in [4.69, 9.17) is 11.6 Å². The Hall–Kier alpha value is -3.89. The van der Waals surface area contributed by atoms with Gasteiger partial charge in [-0.2, -0.15) is 22.8 Å². The van der Waals surface area contributed by atoms with Gasteiger partial charge in [0.25, 0.3) is 5.56 Å². The lowest BCUT2D eigenvalue weighted by Gasteiger charge is -2.15. The average Bonchev–Trinajstić information content (AvgIpc) is 3.23. The highest BCUT2D eigenvalue weighted by Gasteiger charge is 2.33. The van der Waals surface area contributed by atoms with Crippen LogP contribution in [0.15, 0.2) is 83.8 Å². The van der Waals surface area contributed by atoms with Crippen LogP contribution < -0.4 is 10.1 Å². The zero-order valence-electron chi connectivity index (χ0n) is 19.7. The van der Waals surface area contributed by atoms with Crippen LogP contribution in [0.2, 0.25) is 5.02 Å². The molecule has 0 aliphatic rings. The largest absolute Gasteiger partial charge is 0.524 e. The molecule has 13 heteroatoms. The van der Waals surface area contributed by atoms with Gasteiger partial charge in [0, 0.05) is 28.8 Å². The number of benzene rings is 3. The molecule has 5 rings (SSSR count). The van der Waals surface area contributed by atoms with Crippen molar-refractivity contribution in [2.24, 2.45) is 0 Å². The second-order valence-corrected chi connectivity index (χ2v) is 10.1. The van der Waals surface area contributed by atoms with E-state index in [0.717, 1.165) is 16.1 Å². The van der Waals surface area contributed by atoms with E-state index < -0.39 is 30.9 Å². The number of nitrogens with one attached hydrogen (secondary N) is 1. The first-order valence-corrected chi connectivity index (χ1v) is 13.2. The summed E-state index contributed by atoms with van der Waals surface area (Å²) in [7, 11) is -5.27. The number of aromatic amines is 1. The van der Waals surface area contributed by atoms with Crippen molar-refractivity contribution in [3.63, 3.8) is 0 Å². The van der Waals surface area contributed by atoms with Crippen LogP contribution in [0, 0.1) is 0 Å². The van der Waals surface area contributed by atoms with E-state index in [1.54, 1.807) is 24.3 Å². The summed E-state index contributed by atoms with van der Waals surface area (Å²) in [6.07, 6.45) is -3.22.